The van der Waals surface area contributed by atoms with E-state index in [1.807, 2.05) is 53.4 Å². The lowest BCUT2D eigenvalue weighted by atomic mass is 9.99. The number of nitrogens with zero attached hydrogens (tertiary/aromatic N) is 1. The van der Waals surface area contributed by atoms with Gasteiger partial charge in [0.15, 0.2) is 0 Å². The van der Waals surface area contributed by atoms with Crippen molar-refractivity contribution in [3.63, 3.8) is 0 Å². The van der Waals surface area contributed by atoms with Gasteiger partial charge in [0, 0.05) is 29.4 Å². The number of fused-ring (bicyclic) bond motifs is 2. The summed E-state index contributed by atoms with van der Waals surface area (Å²) in [5.74, 6) is 0.126. The molecule has 3 aromatic carbocycles. The predicted molar refractivity (Wildman–Crippen MR) is 121 cm³/mol. The van der Waals surface area contributed by atoms with Gasteiger partial charge in [-0.2, -0.15) is 0 Å². The Balaban J connectivity index is 1.40. The van der Waals surface area contributed by atoms with Gasteiger partial charge in [-0.25, -0.2) is 0 Å². The van der Waals surface area contributed by atoms with Crippen LogP contribution in [0.15, 0.2) is 77.7 Å². The summed E-state index contributed by atoms with van der Waals surface area (Å²) in [6, 6.07) is 22.0. The highest BCUT2D eigenvalue weighted by Gasteiger charge is 2.24. The molecule has 0 saturated carbocycles. The van der Waals surface area contributed by atoms with E-state index in [0.29, 0.717) is 11.8 Å². The molecule has 4 heteroatoms. The number of hydrogen-bond donors (Lipinski definition) is 1. The maximum Gasteiger partial charge on any atom is 0.255 e. The number of aromatic nitrogens is 1. The third kappa shape index (κ3) is 3.20. The van der Waals surface area contributed by atoms with Crippen LogP contribution < -0.4 is 10.5 Å². The van der Waals surface area contributed by atoms with Crippen LogP contribution in [0.4, 0.5) is 5.69 Å². The van der Waals surface area contributed by atoms with Gasteiger partial charge in [-0.3, -0.25) is 9.59 Å². The molecule has 1 amide bonds. The molecule has 1 N–H and O–H groups in total. The molecule has 0 fully saturated rings. The van der Waals surface area contributed by atoms with E-state index in [1.165, 1.54) is 11.1 Å². The molecule has 30 heavy (non-hydrogen) atoms. The Labute approximate surface area is 174 Å². The lowest BCUT2D eigenvalue weighted by molar-refractivity contribution is -0.117. The Morgan fingerprint density at radius 3 is 2.57 bits per heavy atom. The SMILES string of the molecule is Cc1ccc2c(c1)N(C(=O)Cc1ccc(-c3c[nH]c(=O)c4ccccc34)cc1)CC2. The fourth-order valence-electron chi connectivity index (χ4n) is 4.27. The monoisotopic (exact) mass is 394 g/mol. The molecule has 0 aliphatic carbocycles. The van der Waals surface area contributed by atoms with Crippen LogP contribution in [0.25, 0.3) is 21.9 Å². The molecule has 1 aliphatic heterocycles. The number of aryl methyl sites for hydroxylation is 1. The van der Waals surface area contributed by atoms with E-state index in [0.717, 1.165) is 40.7 Å². The van der Waals surface area contributed by atoms with E-state index in [1.54, 1.807) is 6.20 Å². The van der Waals surface area contributed by atoms with Crippen LogP contribution in [-0.4, -0.2) is 17.4 Å². The highest BCUT2D eigenvalue weighted by atomic mass is 16.2. The normalized spacial score (nSPS) is 12.9. The summed E-state index contributed by atoms with van der Waals surface area (Å²) in [4.78, 5) is 29.7. The lowest BCUT2D eigenvalue weighted by Gasteiger charge is -2.18. The zero-order valence-corrected chi connectivity index (χ0v) is 16.8. The first kappa shape index (κ1) is 18.4. The molecule has 0 unspecified atom stereocenters. The highest BCUT2D eigenvalue weighted by molar-refractivity contribution is 5.97. The predicted octanol–water partition coefficient (Wildman–Crippen LogP) is 4.64. The minimum absolute atomic E-state index is 0.0855. The number of aromatic amines is 1. The topological polar surface area (TPSA) is 53.2 Å². The van der Waals surface area contributed by atoms with Crippen molar-refractivity contribution in [1.82, 2.24) is 4.98 Å². The number of nitrogens with one attached hydrogen (secondary N) is 1. The first-order valence-electron chi connectivity index (χ1n) is 10.2. The number of rotatable bonds is 3. The summed E-state index contributed by atoms with van der Waals surface area (Å²) >= 11 is 0. The first-order valence-corrected chi connectivity index (χ1v) is 10.2. The molecule has 4 nitrogen and oxygen atoms in total. The minimum atomic E-state index is -0.0855. The van der Waals surface area contributed by atoms with Crippen LogP contribution in [0.1, 0.15) is 16.7 Å². The average Bonchev–Trinajstić information content (AvgIpc) is 3.18. The van der Waals surface area contributed by atoms with Gasteiger partial charge in [0.05, 0.1) is 6.42 Å². The number of amides is 1. The molecule has 148 valence electrons. The number of H-pyrrole nitrogens is 1. The van der Waals surface area contributed by atoms with Gasteiger partial charge in [-0.1, -0.05) is 54.6 Å². The lowest BCUT2D eigenvalue weighted by Crippen LogP contribution is -2.30. The molecule has 1 aliphatic rings. The van der Waals surface area contributed by atoms with Crippen LogP contribution in [-0.2, 0) is 17.6 Å². The fourth-order valence-corrected chi connectivity index (χ4v) is 4.27. The summed E-state index contributed by atoms with van der Waals surface area (Å²) < 4.78 is 0. The van der Waals surface area contributed by atoms with Crippen molar-refractivity contribution in [2.45, 2.75) is 19.8 Å². The Hall–Kier alpha value is -3.66. The van der Waals surface area contributed by atoms with E-state index in [-0.39, 0.29) is 11.5 Å². The number of anilines is 1. The molecule has 5 rings (SSSR count). The van der Waals surface area contributed by atoms with Crippen molar-refractivity contribution in [3.8, 4) is 11.1 Å². The van der Waals surface area contributed by atoms with Crippen LogP contribution >= 0.6 is 0 Å². The number of hydrogen-bond acceptors (Lipinski definition) is 2. The zero-order chi connectivity index (χ0) is 20.7. The molecule has 2 heterocycles. The smallest absolute Gasteiger partial charge is 0.255 e. The second-order valence-corrected chi connectivity index (χ2v) is 7.88. The zero-order valence-electron chi connectivity index (χ0n) is 16.8. The second kappa shape index (κ2) is 7.30. The van der Waals surface area contributed by atoms with Crippen LogP contribution in [0, 0.1) is 6.92 Å². The average molecular weight is 394 g/mol. The summed E-state index contributed by atoms with van der Waals surface area (Å²) in [6.07, 6.45) is 3.05. The number of carbonyl (C=O) groups excluding carboxylic acids is 1. The summed E-state index contributed by atoms with van der Waals surface area (Å²) in [5.41, 5.74) is 6.36. The van der Waals surface area contributed by atoms with E-state index in [9.17, 15) is 9.59 Å². The third-order valence-corrected chi connectivity index (χ3v) is 5.87. The third-order valence-electron chi connectivity index (χ3n) is 5.87. The largest absolute Gasteiger partial charge is 0.328 e. The second-order valence-electron chi connectivity index (χ2n) is 7.88. The molecular formula is C26H22N2O2. The summed E-state index contributed by atoms with van der Waals surface area (Å²) in [6.45, 7) is 2.81. The van der Waals surface area contributed by atoms with Crippen molar-refractivity contribution < 1.29 is 4.79 Å². The van der Waals surface area contributed by atoms with Crippen LogP contribution in [0.3, 0.4) is 0 Å². The molecule has 0 radical (unpaired) electrons. The van der Waals surface area contributed by atoms with Gasteiger partial charge in [0.2, 0.25) is 5.91 Å². The standard InChI is InChI=1S/C26H22N2O2/c1-17-6-9-20-12-13-28(24(20)14-17)25(29)15-18-7-10-19(11-8-18)23-16-27-26(30)22-5-3-2-4-21(22)23/h2-11,14,16H,12-13,15H2,1H3,(H,27,30). The molecule has 0 spiro atoms. The van der Waals surface area contributed by atoms with Crippen molar-refractivity contribution >= 4 is 22.4 Å². The van der Waals surface area contributed by atoms with Crippen molar-refractivity contribution in [2.75, 3.05) is 11.4 Å². The molecule has 1 aromatic heterocycles. The highest BCUT2D eigenvalue weighted by Crippen LogP contribution is 2.30. The van der Waals surface area contributed by atoms with E-state index in [4.69, 9.17) is 0 Å². The summed E-state index contributed by atoms with van der Waals surface area (Å²) in [5, 5.41) is 1.60. The minimum Gasteiger partial charge on any atom is -0.328 e. The molecule has 4 aromatic rings. The van der Waals surface area contributed by atoms with Crippen LogP contribution in [0.2, 0.25) is 0 Å². The van der Waals surface area contributed by atoms with Gasteiger partial charge in [-0.05, 0) is 53.1 Å². The summed E-state index contributed by atoms with van der Waals surface area (Å²) in [7, 11) is 0. The van der Waals surface area contributed by atoms with Gasteiger partial charge in [-0.15, -0.1) is 0 Å². The Bertz CT molecular complexity index is 1320. The van der Waals surface area contributed by atoms with E-state index < -0.39 is 0 Å². The first-order chi connectivity index (χ1) is 14.6. The van der Waals surface area contributed by atoms with Crippen molar-refractivity contribution in [2.24, 2.45) is 0 Å². The number of benzene rings is 3. The maximum atomic E-state index is 12.9. The number of pyridine rings is 1. The molecular weight excluding hydrogens is 372 g/mol. The maximum absolute atomic E-state index is 12.9. The fraction of sp³-hybridized carbons (Fsp3) is 0.154. The Morgan fingerprint density at radius 2 is 1.77 bits per heavy atom. The Kier molecular flexibility index (Phi) is 4.47. The molecule has 0 atom stereocenters. The Morgan fingerprint density at radius 1 is 1.00 bits per heavy atom. The van der Waals surface area contributed by atoms with E-state index >= 15 is 0 Å². The quantitative estimate of drug-likeness (QED) is 0.551. The molecule has 0 bridgehead atoms. The van der Waals surface area contributed by atoms with Gasteiger partial charge in [0.25, 0.3) is 5.56 Å². The number of carbonyl (C=O) groups is 1. The van der Waals surface area contributed by atoms with Crippen molar-refractivity contribution in [1.29, 1.82) is 0 Å². The van der Waals surface area contributed by atoms with Gasteiger partial charge >= 0.3 is 0 Å². The van der Waals surface area contributed by atoms with E-state index in [2.05, 4.69) is 30.1 Å². The van der Waals surface area contributed by atoms with Crippen molar-refractivity contribution in [3.05, 3.63) is 100.0 Å². The van der Waals surface area contributed by atoms with Crippen LogP contribution in [0.5, 0.6) is 0 Å². The van der Waals surface area contributed by atoms with Gasteiger partial charge in [0.1, 0.15) is 0 Å². The molecule has 0 saturated heterocycles. The van der Waals surface area contributed by atoms with Gasteiger partial charge < -0.3 is 9.88 Å².